The third kappa shape index (κ3) is 4.22. The number of para-hydroxylation sites is 1. The summed E-state index contributed by atoms with van der Waals surface area (Å²) in [6.45, 7) is 0. The van der Waals surface area contributed by atoms with Crippen molar-refractivity contribution in [3.05, 3.63) is 53.5 Å². The minimum absolute atomic E-state index is 0.00210. The number of anilines is 1. The van der Waals surface area contributed by atoms with Gasteiger partial charge in [-0.1, -0.05) is 18.2 Å². The highest BCUT2D eigenvalue weighted by Gasteiger charge is 2.16. The molecule has 26 heavy (non-hydrogen) atoms. The normalized spacial score (nSPS) is 14.6. The number of hydrogen-bond donors (Lipinski definition) is 1. The number of rotatable bonds is 6. The number of fused-ring (bicyclic) bond motifs is 1. The van der Waals surface area contributed by atoms with Crippen LogP contribution in [0.4, 0.5) is 5.69 Å². The number of aromatic nitrogens is 1. The first kappa shape index (κ1) is 17.0. The first-order chi connectivity index (χ1) is 12.8. The Hall–Kier alpha value is -2.40. The lowest BCUT2D eigenvalue weighted by Gasteiger charge is -2.14. The summed E-state index contributed by atoms with van der Waals surface area (Å²) in [5.41, 5.74) is 1.79. The Kier molecular flexibility index (Phi) is 5.16. The van der Waals surface area contributed by atoms with Gasteiger partial charge in [0.15, 0.2) is 0 Å². The minimum atomic E-state index is 0.00210. The summed E-state index contributed by atoms with van der Waals surface area (Å²) < 4.78 is 7.17. The Morgan fingerprint density at radius 2 is 2.00 bits per heavy atom. The number of amides is 1. The van der Waals surface area contributed by atoms with E-state index in [1.165, 1.54) is 17.5 Å². The topological polar surface area (TPSA) is 51.2 Å². The maximum Gasteiger partial charge on any atom is 0.224 e. The third-order valence-electron chi connectivity index (χ3n) is 4.63. The van der Waals surface area contributed by atoms with Crippen LogP contribution in [-0.4, -0.2) is 17.0 Å². The van der Waals surface area contributed by atoms with Crippen molar-refractivity contribution in [2.45, 2.75) is 44.6 Å². The van der Waals surface area contributed by atoms with Gasteiger partial charge in [0.2, 0.25) is 5.91 Å². The zero-order valence-electron chi connectivity index (χ0n) is 14.6. The smallest absolute Gasteiger partial charge is 0.224 e. The van der Waals surface area contributed by atoms with Crippen LogP contribution in [0.5, 0.6) is 5.75 Å². The molecule has 2 aromatic carbocycles. The number of carbonyl (C=O) groups excluding carboxylic acids is 1. The van der Waals surface area contributed by atoms with Gasteiger partial charge in [0.05, 0.1) is 21.3 Å². The van der Waals surface area contributed by atoms with Crippen molar-refractivity contribution in [1.82, 2.24) is 4.98 Å². The molecular formula is C21H22N2O2S. The molecule has 1 aliphatic rings. The van der Waals surface area contributed by atoms with Crippen molar-refractivity contribution in [1.29, 1.82) is 0 Å². The Bertz CT molecular complexity index is 867. The molecule has 5 heteroatoms. The molecule has 3 aromatic rings. The zero-order valence-corrected chi connectivity index (χ0v) is 15.4. The van der Waals surface area contributed by atoms with E-state index in [0.29, 0.717) is 18.9 Å². The molecule has 1 amide bonds. The molecule has 134 valence electrons. The van der Waals surface area contributed by atoms with Gasteiger partial charge in [0.1, 0.15) is 5.75 Å². The van der Waals surface area contributed by atoms with E-state index >= 15 is 0 Å². The van der Waals surface area contributed by atoms with Gasteiger partial charge in [-0.2, -0.15) is 0 Å². The molecule has 1 fully saturated rings. The van der Waals surface area contributed by atoms with Crippen molar-refractivity contribution in [2.75, 3.05) is 5.32 Å². The van der Waals surface area contributed by atoms with Crippen LogP contribution in [0.25, 0.3) is 10.2 Å². The molecule has 0 unspecified atom stereocenters. The summed E-state index contributed by atoms with van der Waals surface area (Å²) >= 11 is 1.65. The van der Waals surface area contributed by atoms with Crippen LogP contribution in [0, 0.1) is 0 Å². The second kappa shape index (κ2) is 7.87. The maximum atomic E-state index is 12.3. The summed E-state index contributed by atoms with van der Waals surface area (Å²) in [5, 5.41) is 3.97. The molecule has 0 bridgehead atoms. The molecule has 0 aliphatic heterocycles. The summed E-state index contributed by atoms with van der Waals surface area (Å²) in [6.07, 6.45) is 6.13. The van der Waals surface area contributed by atoms with Crippen molar-refractivity contribution in [3.8, 4) is 5.75 Å². The SMILES string of the molecule is O=C(CCc1nc2ccccc2s1)Nc1cccc(OC2CCCC2)c1. The van der Waals surface area contributed by atoms with Gasteiger partial charge in [-0.15, -0.1) is 11.3 Å². The number of carbonyl (C=O) groups is 1. The quantitative estimate of drug-likeness (QED) is 0.653. The van der Waals surface area contributed by atoms with E-state index < -0.39 is 0 Å². The second-order valence-corrected chi connectivity index (χ2v) is 7.79. The van der Waals surface area contributed by atoms with Gasteiger partial charge < -0.3 is 10.1 Å². The number of benzene rings is 2. The van der Waals surface area contributed by atoms with Gasteiger partial charge in [-0.05, 0) is 49.9 Å². The Morgan fingerprint density at radius 1 is 1.15 bits per heavy atom. The highest BCUT2D eigenvalue weighted by molar-refractivity contribution is 7.18. The molecule has 4 rings (SSSR count). The first-order valence-corrected chi connectivity index (χ1v) is 9.99. The molecule has 1 N–H and O–H groups in total. The van der Waals surface area contributed by atoms with E-state index in [0.717, 1.165) is 34.8 Å². The molecule has 1 saturated carbocycles. The van der Waals surface area contributed by atoms with Gasteiger partial charge in [0, 0.05) is 24.6 Å². The van der Waals surface area contributed by atoms with Crippen LogP contribution in [0.3, 0.4) is 0 Å². The van der Waals surface area contributed by atoms with Crippen molar-refractivity contribution >= 4 is 33.1 Å². The van der Waals surface area contributed by atoms with E-state index in [2.05, 4.69) is 16.4 Å². The summed E-state index contributed by atoms with van der Waals surface area (Å²) in [4.78, 5) is 16.9. The number of hydrogen-bond acceptors (Lipinski definition) is 4. The first-order valence-electron chi connectivity index (χ1n) is 9.17. The van der Waals surface area contributed by atoms with Crippen LogP contribution >= 0.6 is 11.3 Å². The molecule has 0 radical (unpaired) electrons. The predicted molar refractivity (Wildman–Crippen MR) is 106 cm³/mol. The molecule has 0 spiro atoms. The van der Waals surface area contributed by atoms with Gasteiger partial charge in [-0.3, -0.25) is 4.79 Å². The monoisotopic (exact) mass is 366 g/mol. The van der Waals surface area contributed by atoms with Crippen LogP contribution in [0.2, 0.25) is 0 Å². The minimum Gasteiger partial charge on any atom is -0.490 e. The van der Waals surface area contributed by atoms with Crippen molar-refractivity contribution < 1.29 is 9.53 Å². The van der Waals surface area contributed by atoms with E-state index in [1.807, 2.05) is 42.5 Å². The number of ether oxygens (including phenoxy) is 1. The number of nitrogens with zero attached hydrogens (tertiary/aromatic N) is 1. The largest absolute Gasteiger partial charge is 0.490 e. The molecule has 1 aromatic heterocycles. The van der Waals surface area contributed by atoms with Crippen LogP contribution in [-0.2, 0) is 11.2 Å². The average molecular weight is 366 g/mol. The lowest BCUT2D eigenvalue weighted by atomic mass is 10.2. The number of nitrogens with one attached hydrogen (secondary N) is 1. The standard InChI is InChI=1S/C21H22N2O2S/c24-20(12-13-21-23-18-10-3-4-11-19(18)26-21)22-15-6-5-9-17(14-15)25-16-7-1-2-8-16/h3-6,9-11,14,16H,1-2,7-8,12-13H2,(H,22,24). The Balaban J connectivity index is 1.32. The molecular weight excluding hydrogens is 344 g/mol. The summed E-state index contributed by atoms with van der Waals surface area (Å²) in [6, 6.07) is 15.8. The molecule has 1 aliphatic carbocycles. The van der Waals surface area contributed by atoms with Gasteiger partial charge >= 0.3 is 0 Å². The maximum absolute atomic E-state index is 12.3. The molecule has 4 nitrogen and oxygen atoms in total. The van der Waals surface area contributed by atoms with E-state index in [9.17, 15) is 4.79 Å². The van der Waals surface area contributed by atoms with E-state index in [4.69, 9.17) is 4.74 Å². The molecule has 0 saturated heterocycles. The lowest BCUT2D eigenvalue weighted by molar-refractivity contribution is -0.116. The molecule has 1 heterocycles. The zero-order chi connectivity index (χ0) is 17.8. The lowest BCUT2D eigenvalue weighted by Crippen LogP contribution is -2.13. The number of thiazole rings is 1. The van der Waals surface area contributed by atoms with Gasteiger partial charge in [0.25, 0.3) is 0 Å². The third-order valence-corrected chi connectivity index (χ3v) is 5.72. The van der Waals surface area contributed by atoms with Crippen LogP contribution < -0.4 is 10.1 Å². The highest BCUT2D eigenvalue weighted by atomic mass is 32.1. The fourth-order valence-corrected chi connectivity index (χ4v) is 4.28. The fraction of sp³-hybridized carbons (Fsp3) is 0.333. The average Bonchev–Trinajstić information content (AvgIpc) is 3.29. The summed E-state index contributed by atoms with van der Waals surface area (Å²) in [5.74, 6) is 0.836. The second-order valence-electron chi connectivity index (χ2n) is 6.68. The predicted octanol–water partition coefficient (Wildman–Crippen LogP) is 5.19. The van der Waals surface area contributed by atoms with E-state index in [-0.39, 0.29) is 5.91 Å². The summed E-state index contributed by atoms with van der Waals surface area (Å²) in [7, 11) is 0. The van der Waals surface area contributed by atoms with Crippen LogP contribution in [0.15, 0.2) is 48.5 Å². The Morgan fingerprint density at radius 3 is 2.85 bits per heavy atom. The van der Waals surface area contributed by atoms with Crippen molar-refractivity contribution in [2.24, 2.45) is 0 Å². The van der Waals surface area contributed by atoms with E-state index in [1.54, 1.807) is 11.3 Å². The Labute approximate surface area is 157 Å². The fourth-order valence-electron chi connectivity index (χ4n) is 3.32. The van der Waals surface area contributed by atoms with Gasteiger partial charge in [-0.25, -0.2) is 4.98 Å². The molecule has 0 atom stereocenters. The number of aryl methyl sites for hydroxylation is 1. The van der Waals surface area contributed by atoms with Crippen molar-refractivity contribution in [3.63, 3.8) is 0 Å². The highest BCUT2D eigenvalue weighted by Crippen LogP contribution is 2.26. The van der Waals surface area contributed by atoms with Crippen LogP contribution in [0.1, 0.15) is 37.1 Å².